The lowest BCUT2D eigenvalue weighted by molar-refractivity contribution is 0.0695. The summed E-state index contributed by atoms with van der Waals surface area (Å²) in [5, 5.41) is 10.3. The molecule has 0 aliphatic heterocycles. The molecule has 0 spiro atoms. The van der Waals surface area contributed by atoms with Crippen molar-refractivity contribution in [1.29, 1.82) is 0 Å². The Morgan fingerprint density at radius 1 is 1.16 bits per heavy atom. The van der Waals surface area contributed by atoms with Gasteiger partial charge in [0.25, 0.3) is 0 Å². The van der Waals surface area contributed by atoms with E-state index in [4.69, 9.17) is 4.74 Å². The van der Waals surface area contributed by atoms with Crippen molar-refractivity contribution in [2.45, 2.75) is 26.7 Å². The molecule has 1 aromatic heterocycles. The van der Waals surface area contributed by atoms with Crippen molar-refractivity contribution in [2.24, 2.45) is 0 Å². The average molecular weight is 336 g/mol. The van der Waals surface area contributed by atoms with E-state index in [2.05, 4.69) is 9.97 Å². The van der Waals surface area contributed by atoms with Crippen molar-refractivity contribution in [3.05, 3.63) is 53.9 Å². The molecule has 0 aliphatic rings. The predicted octanol–water partition coefficient (Wildman–Crippen LogP) is 4.52. The van der Waals surface area contributed by atoms with Gasteiger partial charge in [-0.15, -0.1) is 0 Å². The van der Waals surface area contributed by atoms with Crippen LogP contribution in [0.15, 0.2) is 42.7 Å². The van der Waals surface area contributed by atoms with Crippen molar-refractivity contribution in [1.82, 2.24) is 9.97 Å². The fraction of sp³-hybridized carbons (Fsp3) is 0.250. The van der Waals surface area contributed by atoms with Crippen molar-refractivity contribution in [3.8, 4) is 17.0 Å². The molecule has 2 aromatic carbocycles. The summed E-state index contributed by atoms with van der Waals surface area (Å²) < 4.78 is 5.53. The summed E-state index contributed by atoms with van der Waals surface area (Å²) in [6.45, 7) is 6.50. The number of aromatic nitrogens is 2. The number of hydrogen-bond acceptors (Lipinski definition) is 4. The largest absolute Gasteiger partial charge is 0.494 e. The number of carboxylic acids is 1. The molecule has 0 atom stereocenters. The van der Waals surface area contributed by atoms with Crippen molar-refractivity contribution in [2.75, 3.05) is 6.61 Å². The SMILES string of the molecule is CCOc1ccc2c(-c3ccc(C(=O)O)c(C(C)C)c3)ncnc2c1. The highest BCUT2D eigenvalue weighted by Gasteiger charge is 2.16. The molecule has 0 radical (unpaired) electrons. The van der Waals surface area contributed by atoms with Gasteiger partial charge in [-0.3, -0.25) is 0 Å². The highest BCUT2D eigenvalue weighted by atomic mass is 16.5. The summed E-state index contributed by atoms with van der Waals surface area (Å²) in [5.74, 6) is -0.0448. The van der Waals surface area contributed by atoms with E-state index in [-0.39, 0.29) is 5.92 Å². The molecule has 0 bridgehead atoms. The van der Waals surface area contributed by atoms with Gasteiger partial charge < -0.3 is 9.84 Å². The zero-order valence-electron chi connectivity index (χ0n) is 14.5. The second-order valence-corrected chi connectivity index (χ2v) is 6.10. The van der Waals surface area contributed by atoms with Crippen LogP contribution in [0.5, 0.6) is 5.75 Å². The first-order valence-corrected chi connectivity index (χ1v) is 8.26. The zero-order valence-corrected chi connectivity index (χ0v) is 14.5. The Morgan fingerprint density at radius 3 is 2.64 bits per heavy atom. The smallest absolute Gasteiger partial charge is 0.335 e. The van der Waals surface area contributed by atoms with Crippen LogP contribution < -0.4 is 4.74 Å². The molecule has 128 valence electrons. The number of carbonyl (C=O) groups is 1. The first-order chi connectivity index (χ1) is 12.0. The molecule has 1 N–H and O–H groups in total. The summed E-state index contributed by atoms with van der Waals surface area (Å²) in [4.78, 5) is 20.2. The summed E-state index contributed by atoms with van der Waals surface area (Å²) >= 11 is 0. The molecule has 5 nitrogen and oxygen atoms in total. The van der Waals surface area contributed by atoms with E-state index in [1.165, 1.54) is 6.33 Å². The third kappa shape index (κ3) is 3.31. The number of carboxylic acid groups (broad SMARTS) is 1. The first kappa shape index (κ1) is 16.9. The quantitative estimate of drug-likeness (QED) is 0.742. The molecule has 3 rings (SSSR count). The Bertz CT molecular complexity index is 935. The molecule has 0 fully saturated rings. The number of ether oxygens (including phenoxy) is 1. The number of nitrogens with zero attached hydrogens (tertiary/aromatic N) is 2. The van der Waals surface area contributed by atoms with Crippen LogP contribution in [-0.4, -0.2) is 27.7 Å². The maximum atomic E-state index is 11.4. The Balaban J connectivity index is 2.16. The van der Waals surface area contributed by atoms with Crippen LogP contribution in [0, 0.1) is 0 Å². The number of rotatable bonds is 5. The van der Waals surface area contributed by atoms with Gasteiger partial charge in [0.15, 0.2) is 0 Å². The Hall–Kier alpha value is -2.95. The fourth-order valence-corrected chi connectivity index (χ4v) is 2.91. The summed E-state index contributed by atoms with van der Waals surface area (Å²) in [5.41, 5.74) is 3.58. The maximum Gasteiger partial charge on any atom is 0.335 e. The van der Waals surface area contributed by atoms with Gasteiger partial charge in [-0.25, -0.2) is 14.8 Å². The summed E-state index contributed by atoms with van der Waals surface area (Å²) in [6, 6.07) is 11.1. The molecule has 0 aliphatic carbocycles. The predicted molar refractivity (Wildman–Crippen MR) is 97.2 cm³/mol. The number of hydrogen-bond donors (Lipinski definition) is 1. The standard InChI is InChI=1S/C20H20N2O3/c1-4-25-14-6-8-16-18(10-14)21-11-22-19(16)13-5-7-15(20(23)24)17(9-13)12(2)3/h5-12H,4H2,1-3H3,(H,23,24). The lowest BCUT2D eigenvalue weighted by Gasteiger charge is -2.13. The molecule has 0 saturated heterocycles. The third-order valence-electron chi connectivity index (χ3n) is 4.10. The topological polar surface area (TPSA) is 72.3 Å². The highest BCUT2D eigenvalue weighted by Crippen LogP contribution is 2.31. The number of fused-ring (bicyclic) bond motifs is 1. The van der Waals surface area contributed by atoms with Gasteiger partial charge in [0, 0.05) is 17.0 Å². The Labute approximate surface area is 146 Å². The highest BCUT2D eigenvalue weighted by molar-refractivity contribution is 5.95. The van der Waals surface area contributed by atoms with Gasteiger partial charge in [-0.05, 0) is 42.7 Å². The van der Waals surface area contributed by atoms with Gasteiger partial charge in [-0.1, -0.05) is 19.9 Å². The lowest BCUT2D eigenvalue weighted by Crippen LogP contribution is -2.04. The normalized spacial score (nSPS) is 11.0. The molecular weight excluding hydrogens is 316 g/mol. The van der Waals surface area contributed by atoms with E-state index in [1.54, 1.807) is 12.1 Å². The summed E-state index contributed by atoms with van der Waals surface area (Å²) in [7, 11) is 0. The zero-order chi connectivity index (χ0) is 18.0. The second kappa shape index (κ2) is 6.89. The van der Waals surface area contributed by atoms with Crippen LogP contribution in [0.25, 0.3) is 22.2 Å². The molecule has 0 saturated carbocycles. The first-order valence-electron chi connectivity index (χ1n) is 8.26. The van der Waals surface area contributed by atoms with E-state index in [1.807, 2.05) is 45.0 Å². The van der Waals surface area contributed by atoms with Crippen molar-refractivity contribution < 1.29 is 14.6 Å². The van der Waals surface area contributed by atoms with Crippen LogP contribution in [0.2, 0.25) is 0 Å². The average Bonchev–Trinajstić information content (AvgIpc) is 2.60. The van der Waals surface area contributed by atoms with Crippen LogP contribution in [0.1, 0.15) is 42.6 Å². The molecule has 25 heavy (non-hydrogen) atoms. The number of benzene rings is 2. The van der Waals surface area contributed by atoms with Crippen LogP contribution >= 0.6 is 0 Å². The van der Waals surface area contributed by atoms with Crippen LogP contribution in [0.4, 0.5) is 0 Å². The minimum Gasteiger partial charge on any atom is -0.494 e. The van der Waals surface area contributed by atoms with E-state index >= 15 is 0 Å². The van der Waals surface area contributed by atoms with Gasteiger partial charge >= 0.3 is 5.97 Å². The van der Waals surface area contributed by atoms with Crippen molar-refractivity contribution >= 4 is 16.9 Å². The molecule has 5 heteroatoms. The van der Waals surface area contributed by atoms with Crippen LogP contribution in [-0.2, 0) is 0 Å². The van der Waals surface area contributed by atoms with Crippen LogP contribution in [0.3, 0.4) is 0 Å². The van der Waals surface area contributed by atoms with E-state index in [9.17, 15) is 9.90 Å². The van der Waals surface area contributed by atoms with Gasteiger partial charge in [0.2, 0.25) is 0 Å². The maximum absolute atomic E-state index is 11.4. The molecule has 3 aromatic rings. The summed E-state index contributed by atoms with van der Waals surface area (Å²) in [6.07, 6.45) is 1.52. The lowest BCUT2D eigenvalue weighted by atomic mass is 9.93. The monoisotopic (exact) mass is 336 g/mol. The molecular formula is C20H20N2O3. The number of aromatic carboxylic acids is 1. The molecule has 0 unspecified atom stereocenters. The minimum atomic E-state index is -0.913. The van der Waals surface area contributed by atoms with Crippen molar-refractivity contribution in [3.63, 3.8) is 0 Å². The molecule has 0 amide bonds. The van der Waals surface area contributed by atoms with E-state index in [0.29, 0.717) is 12.2 Å². The fourth-order valence-electron chi connectivity index (χ4n) is 2.91. The van der Waals surface area contributed by atoms with Gasteiger partial charge in [-0.2, -0.15) is 0 Å². The van der Waals surface area contributed by atoms with E-state index < -0.39 is 5.97 Å². The Kier molecular flexibility index (Phi) is 4.65. The molecule has 1 heterocycles. The third-order valence-corrected chi connectivity index (χ3v) is 4.10. The minimum absolute atomic E-state index is 0.101. The van der Waals surface area contributed by atoms with Gasteiger partial charge in [0.05, 0.1) is 23.4 Å². The Morgan fingerprint density at radius 2 is 1.96 bits per heavy atom. The second-order valence-electron chi connectivity index (χ2n) is 6.10. The van der Waals surface area contributed by atoms with Gasteiger partial charge in [0.1, 0.15) is 12.1 Å². The van der Waals surface area contributed by atoms with E-state index in [0.717, 1.165) is 33.5 Å².